The number of aliphatic hydroxyl groups is 1. The van der Waals surface area contributed by atoms with Crippen LogP contribution in [0.4, 0.5) is 5.95 Å². The number of aliphatic hydroxyl groups excluding tert-OH is 1. The zero-order chi connectivity index (χ0) is 11.4. The molecule has 1 aliphatic carbocycles. The Bertz CT molecular complexity index is 318. The summed E-state index contributed by atoms with van der Waals surface area (Å²) in [4.78, 5) is 8.56. The molecule has 1 aromatic heterocycles. The Kier molecular flexibility index (Phi) is 3.72. The van der Waals surface area contributed by atoms with E-state index in [1.54, 1.807) is 0 Å². The van der Waals surface area contributed by atoms with Gasteiger partial charge in [-0.05, 0) is 37.7 Å². The zero-order valence-electron chi connectivity index (χ0n) is 9.69. The van der Waals surface area contributed by atoms with Crippen LogP contribution in [0.15, 0.2) is 12.4 Å². The summed E-state index contributed by atoms with van der Waals surface area (Å²) in [6.45, 7) is 2.09. The van der Waals surface area contributed by atoms with Crippen LogP contribution >= 0.6 is 0 Å². The molecule has 0 aromatic carbocycles. The number of rotatable bonds is 3. The van der Waals surface area contributed by atoms with Gasteiger partial charge in [-0.15, -0.1) is 0 Å². The molecule has 0 amide bonds. The van der Waals surface area contributed by atoms with Crippen LogP contribution in [0.5, 0.6) is 0 Å². The van der Waals surface area contributed by atoms with Crippen LogP contribution in [0.25, 0.3) is 0 Å². The van der Waals surface area contributed by atoms with Gasteiger partial charge in [-0.25, -0.2) is 9.97 Å². The van der Waals surface area contributed by atoms with Gasteiger partial charge in [0.25, 0.3) is 0 Å². The van der Waals surface area contributed by atoms with Crippen molar-refractivity contribution in [1.82, 2.24) is 9.97 Å². The molecule has 0 aliphatic heterocycles. The minimum atomic E-state index is -0.110. The molecule has 0 atom stereocenters. The van der Waals surface area contributed by atoms with Crippen LogP contribution in [0, 0.1) is 0 Å². The second kappa shape index (κ2) is 5.25. The predicted molar refractivity (Wildman–Crippen MR) is 63.3 cm³/mol. The van der Waals surface area contributed by atoms with E-state index in [4.69, 9.17) is 0 Å². The van der Waals surface area contributed by atoms with Crippen LogP contribution < -0.4 is 5.32 Å². The number of hydrogen-bond acceptors (Lipinski definition) is 4. The van der Waals surface area contributed by atoms with Crippen molar-refractivity contribution in [2.75, 3.05) is 5.32 Å². The highest BCUT2D eigenvalue weighted by atomic mass is 16.3. The number of aryl methyl sites for hydroxylation is 1. The average molecular weight is 221 g/mol. The lowest BCUT2D eigenvalue weighted by Crippen LogP contribution is -2.28. The normalized spacial score (nSPS) is 25.4. The Balaban J connectivity index is 1.88. The fraction of sp³-hybridized carbons (Fsp3) is 0.667. The minimum Gasteiger partial charge on any atom is -0.393 e. The van der Waals surface area contributed by atoms with Gasteiger partial charge in [-0.1, -0.05) is 6.92 Å². The van der Waals surface area contributed by atoms with E-state index in [0.717, 1.165) is 37.7 Å². The van der Waals surface area contributed by atoms with E-state index in [2.05, 4.69) is 22.2 Å². The molecule has 0 unspecified atom stereocenters. The van der Waals surface area contributed by atoms with Crippen LogP contribution in [-0.4, -0.2) is 27.2 Å². The van der Waals surface area contributed by atoms with Gasteiger partial charge < -0.3 is 10.4 Å². The van der Waals surface area contributed by atoms with Crippen molar-refractivity contribution < 1.29 is 5.11 Å². The minimum absolute atomic E-state index is 0.110. The number of nitrogens with zero attached hydrogens (tertiary/aromatic N) is 2. The molecule has 0 saturated heterocycles. The van der Waals surface area contributed by atoms with Gasteiger partial charge >= 0.3 is 0 Å². The van der Waals surface area contributed by atoms with E-state index in [0.29, 0.717) is 12.0 Å². The third-order valence-corrected chi connectivity index (χ3v) is 3.14. The highest BCUT2D eigenvalue weighted by Gasteiger charge is 2.19. The molecular formula is C12H19N3O. The molecule has 4 nitrogen and oxygen atoms in total. The quantitative estimate of drug-likeness (QED) is 0.816. The maximum Gasteiger partial charge on any atom is 0.222 e. The van der Waals surface area contributed by atoms with Gasteiger partial charge in [0.05, 0.1) is 6.10 Å². The summed E-state index contributed by atoms with van der Waals surface area (Å²) < 4.78 is 0. The first-order valence-corrected chi connectivity index (χ1v) is 6.03. The summed E-state index contributed by atoms with van der Waals surface area (Å²) in [6, 6.07) is 0.413. The molecule has 0 radical (unpaired) electrons. The summed E-state index contributed by atoms with van der Waals surface area (Å²) in [5.74, 6) is 0.707. The van der Waals surface area contributed by atoms with Crippen molar-refractivity contribution in [3.63, 3.8) is 0 Å². The Morgan fingerprint density at radius 1 is 1.25 bits per heavy atom. The van der Waals surface area contributed by atoms with Crippen LogP contribution in [-0.2, 0) is 6.42 Å². The standard InChI is InChI=1S/C12H19N3O/c1-2-9-7-13-12(14-8-9)15-10-3-5-11(16)6-4-10/h7-8,10-11,16H,2-6H2,1H3,(H,13,14,15). The van der Waals surface area contributed by atoms with E-state index in [1.807, 2.05) is 12.4 Å². The Labute approximate surface area is 96.1 Å². The Hall–Kier alpha value is -1.16. The molecule has 2 N–H and O–H groups in total. The van der Waals surface area contributed by atoms with E-state index in [-0.39, 0.29) is 6.10 Å². The molecule has 16 heavy (non-hydrogen) atoms. The first-order valence-electron chi connectivity index (χ1n) is 6.03. The molecular weight excluding hydrogens is 202 g/mol. The Morgan fingerprint density at radius 2 is 1.88 bits per heavy atom. The number of anilines is 1. The molecule has 1 heterocycles. The Morgan fingerprint density at radius 3 is 2.44 bits per heavy atom. The molecule has 1 saturated carbocycles. The number of aromatic nitrogens is 2. The molecule has 4 heteroatoms. The first-order chi connectivity index (χ1) is 7.78. The third kappa shape index (κ3) is 2.92. The third-order valence-electron chi connectivity index (χ3n) is 3.14. The fourth-order valence-electron chi connectivity index (χ4n) is 2.01. The predicted octanol–water partition coefficient (Wildman–Crippen LogP) is 1.75. The summed E-state index contributed by atoms with van der Waals surface area (Å²) in [5.41, 5.74) is 1.16. The molecule has 88 valence electrons. The maximum absolute atomic E-state index is 9.40. The molecule has 1 aliphatic rings. The van der Waals surface area contributed by atoms with Crippen LogP contribution in [0.3, 0.4) is 0 Å². The van der Waals surface area contributed by atoms with E-state index in [9.17, 15) is 5.11 Å². The van der Waals surface area contributed by atoms with Crippen molar-refractivity contribution in [3.8, 4) is 0 Å². The first kappa shape index (κ1) is 11.3. The molecule has 2 rings (SSSR count). The monoisotopic (exact) mass is 221 g/mol. The molecule has 1 fully saturated rings. The van der Waals surface area contributed by atoms with Crippen LogP contribution in [0.2, 0.25) is 0 Å². The van der Waals surface area contributed by atoms with E-state index < -0.39 is 0 Å². The topological polar surface area (TPSA) is 58.0 Å². The largest absolute Gasteiger partial charge is 0.393 e. The summed E-state index contributed by atoms with van der Waals surface area (Å²) in [6.07, 6.45) is 8.35. The van der Waals surface area contributed by atoms with Gasteiger partial charge in [0, 0.05) is 18.4 Å². The van der Waals surface area contributed by atoms with Gasteiger partial charge in [-0.2, -0.15) is 0 Å². The zero-order valence-corrected chi connectivity index (χ0v) is 9.69. The maximum atomic E-state index is 9.40. The van der Waals surface area contributed by atoms with E-state index in [1.165, 1.54) is 0 Å². The number of nitrogens with one attached hydrogen (secondary N) is 1. The van der Waals surface area contributed by atoms with Crippen molar-refractivity contribution >= 4 is 5.95 Å². The summed E-state index contributed by atoms with van der Waals surface area (Å²) in [7, 11) is 0. The fourth-order valence-corrected chi connectivity index (χ4v) is 2.01. The summed E-state index contributed by atoms with van der Waals surface area (Å²) in [5, 5.41) is 12.7. The van der Waals surface area contributed by atoms with E-state index >= 15 is 0 Å². The smallest absolute Gasteiger partial charge is 0.222 e. The average Bonchev–Trinajstić information content (AvgIpc) is 2.33. The van der Waals surface area contributed by atoms with Gasteiger partial charge in [0.1, 0.15) is 0 Å². The SMILES string of the molecule is CCc1cnc(NC2CCC(O)CC2)nc1. The van der Waals surface area contributed by atoms with Crippen molar-refractivity contribution in [3.05, 3.63) is 18.0 Å². The lowest BCUT2D eigenvalue weighted by Gasteiger charge is -2.26. The molecule has 1 aromatic rings. The van der Waals surface area contributed by atoms with Gasteiger partial charge in [-0.3, -0.25) is 0 Å². The highest BCUT2D eigenvalue weighted by Crippen LogP contribution is 2.20. The second-order valence-corrected chi connectivity index (χ2v) is 4.42. The van der Waals surface area contributed by atoms with Crippen molar-refractivity contribution in [2.24, 2.45) is 0 Å². The van der Waals surface area contributed by atoms with Crippen LogP contribution in [0.1, 0.15) is 38.2 Å². The number of hydrogen-bond donors (Lipinski definition) is 2. The lowest BCUT2D eigenvalue weighted by molar-refractivity contribution is 0.126. The highest BCUT2D eigenvalue weighted by molar-refractivity contribution is 5.26. The second-order valence-electron chi connectivity index (χ2n) is 4.42. The van der Waals surface area contributed by atoms with Gasteiger partial charge in [0.2, 0.25) is 5.95 Å². The molecule has 0 bridgehead atoms. The van der Waals surface area contributed by atoms with Crippen molar-refractivity contribution in [1.29, 1.82) is 0 Å². The van der Waals surface area contributed by atoms with Gasteiger partial charge in [0.15, 0.2) is 0 Å². The van der Waals surface area contributed by atoms with Crippen molar-refractivity contribution in [2.45, 2.75) is 51.2 Å². The summed E-state index contributed by atoms with van der Waals surface area (Å²) >= 11 is 0. The lowest BCUT2D eigenvalue weighted by atomic mass is 9.93. The molecule has 0 spiro atoms.